The summed E-state index contributed by atoms with van der Waals surface area (Å²) in [6.07, 6.45) is -0.715. The third-order valence-corrected chi connectivity index (χ3v) is 4.91. The fraction of sp³-hybridized carbons (Fsp3) is 0.0526. The number of thioether (sulfide) groups is 1. The molecule has 3 aromatic rings. The van der Waals surface area contributed by atoms with Gasteiger partial charge >= 0.3 is 6.18 Å². The Balaban J connectivity index is 1.88. The Bertz CT molecular complexity index is 1260. The Morgan fingerprint density at radius 1 is 1.17 bits per heavy atom. The van der Waals surface area contributed by atoms with Gasteiger partial charge in [0.05, 0.1) is 22.1 Å². The zero-order chi connectivity index (χ0) is 20.8. The third kappa shape index (κ3) is 3.48. The summed E-state index contributed by atoms with van der Waals surface area (Å²) in [4.78, 5) is 27.0. The number of amides is 2. The van der Waals surface area contributed by atoms with Crippen LogP contribution in [0.1, 0.15) is 16.9 Å². The molecule has 144 valence electrons. The van der Waals surface area contributed by atoms with Gasteiger partial charge in [0.2, 0.25) is 0 Å². The van der Waals surface area contributed by atoms with E-state index in [2.05, 4.69) is 10.3 Å². The minimum absolute atomic E-state index is 0.0866. The molecule has 0 aliphatic carbocycles. The van der Waals surface area contributed by atoms with E-state index in [4.69, 9.17) is 9.68 Å². The molecule has 10 heteroatoms. The average molecular weight is 415 g/mol. The molecule has 1 aromatic carbocycles. The monoisotopic (exact) mass is 415 g/mol. The Morgan fingerprint density at radius 3 is 2.62 bits per heavy atom. The summed E-state index contributed by atoms with van der Waals surface area (Å²) < 4.78 is 46.3. The number of aromatic nitrogens is 1. The van der Waals surface area contributed by atoms with E-state index in [0.29, 0.717) is 17.1 Å². The number of fused-ring (bicyclic) bond motifs is 1. The summed E-state index contributed by atoms with van der Waals surface area (Å²) in [5.41, 5.74) is -1.08. The second kappa shape index (κ2) is 6.79. The molecular formula is C19H8F3N3O3S. The Labute approximate surface area is 165 Å². The van der Waals surface area contributed by atoms with E-state index in [1.807, 2.05) is 0 Å². The zero-order valence-electron chi connectivity index (χ0n) is 14.2. The lowest BCUT2D eigenvalue weighted by molar-refractivity contribution is -0.137. The first-order chi connectivity index (χ1) is 13.8. The molecule has 1 aliphatic rings. The highest BCUT2D eigenvalue weighted by molar-refractivity contribution is 8.18. The lowest BCUT2D eigenvalue weighted by Crippen LogP contribution is -2.17. The van der Waals surface area contributed by atoms with Gasteiger partial charge in [-0.05, 0) is 35.5 Å². The second-order valence-corrected chi connectivity index (χ2v) is 6.99. The number of carbonyl (C=O) groups is 2. The predicted octanol–water partition coefficient (Wildman–Crippen LogP) is 4.71. The molecule has 1 aliphatic heterocycles. The smallest absolute Gasteiger partial charge is 0.417 e. The number of imide groups is 1. The van der Waals surface area contributed by atoms with Crippen molar-refractivity contribution in [2.45, 2.75) is 6.18 Å². The summed E-state index contributed by atoms with van der Waals surface area (Å²) in [6, 6.07) is 6.44. The highest BCUT2D eigenvalue weighted by atomic mass is 32.2. The van der Waals surface area contributed by atoms with Crippen molar-refractivity contribution in [2.75, 3.05) is 0 Å². The molecule has 3 heterocycles. The zero-order valence-corrected chi connectivity index (χ0v) is 15.0. The van der Waals surface area contributed by atoms with E-state index in [9.17, 15) is 22.8 Å². The first kappa shape index (κ1) is 18.8. The number of nitriles is 1. The molecule has 0 saturated carbocycles. The number of benzene rings is 1. The molecule has 29 heavy (non-hydrogen) atoms. The predicted molar refractivity (Wildman–Crippen MR) is 98.3 cm³/mol. The maximum absolute atomic E-state index is 13.6. The molecule has 1 N–H and O–H groups in total. The van der Waals surface area contributed by atoms with Gasteiger partial charge in [-0.1, -0.05) is 6.07 Å². The lowest BCUT2D eigenvalue weighted by atomic mass is 9.97. The summed E-state index contributed by atoms with van der Waals surface area (Å²) in [5.74, 6) is -0.394. The standard InChI is InChI=1S/C19H8F3N3O3S/c20-19(21,22)14-3-9(6-23)1-2-12(14)13-8-24-7-10-4-11(28-16(10)13)5-15-17(26)25-18(27)29-15/h1-5,7-8H,(H,25,26,27)/b15-5-. The summed E-state index contributed by atoms with van der Waals surface area (Å²) in [6.45, 7) is 0. The Morgan fingerprint density at radius 2 is 1.97 bits per heavy atom. The fourth-order valence-electron chi connectivity index (χ4n) is 2.88. The van der Waals surface area contributed by atoms with Crippen molar-refractivity contribution in [2.24, 2.45) is 0 Å². The first-order valence-electron chi connectivity index (χ1n) is 8.00. The van der Waals surface area contributed by atoms with Crippen LogP contribution in [0, 0.1) is 11.3 Å². The van der Waals surface area contributed by atoms with Gasteiger partial charge in [0, 0.05) is 29.4 Å². The number of rotatable bonds is 2. The molecule has 0 unspecified atom stereocenters. The van der Waals surface area contributed by atoms with E-state index in [1.54, 1.807) is 6.07 Å². The van der Waals surface area contributed by atoms with Gasteiger partial charge in [0.25, 0.3) is 11.1 Å². The third-order valence-electron chi connectivity index (χ3n) is 4.10. The minimum atomic E-state index is -4.69. The van der Waals surface area contributed by atoms with Crippen LogP contribution in [0.4, 0.5) is 18.0 Å². The van der Waals surface area contributed by atoms with Crippen LogP contribution in [0.2, 0.25) is 0 Å². The summed E-state index contributed by atoms with van der Waals surface area (Å²) in [5, 5.41) is 10.9. The van der Waals surface area contributed by atoms with Gasteiger partial charge in [-0.15, -0.1) is 0 Å². The van der Waals surface area contributed by atoms with E-state index < -0.39 is 22.9 Å². The summed E-state index contributed by atoms with van der Waals surface area (Å²) in [7, 11) is 0. The first-order valence-corrected chi connectivity index (χ1v) is 8.82. The quantitative estimate of drug-likeness (QED) is 0.609. The number of carbonyl (C=O) groups excluding carboxylic acids is 2. The van der Waals surface area contributed by atoms with Crippen LogP contribution in [0.5, 0.6) is 0 Å². The van der Waals surface area contributed by atoms with Crippen molar-refractivity contribution in [1.82, 2.24) is 10.3 Å². The van der Waals surface area contributed by atoms with Gasteiger partial charge in [0.1, 0.15) is 11.3 Å². The van der Waals surface area contributed by atoms with Crippen LogP contribution < -0.4 is 5.32 Å². The second-order valence-electron chi connectivity index (χ2n) is 5.98. The van der Waals surface area contributed by atoms with Crippen molar-refractivity contribution >= 4 is 40.0 Å². The minimum Gasteiger partial charge on any atom is -0.456 e. The van der Waals surface area contributed by atoms with Crippen molar-refractivity contribution in [3.05, 3.63) is 58.5 Å². The number of halogens is 3. The van der Waals surface area contributed by atoms with Crippen molar-refractivity contribution in [3.63, 3.8) is 0 Å². The highest BCUT2D eigenvalue weighted by Gasteiger charge is 2.35. The molecule has 0 bridgehead atoms. The SMILES string of the molecule is N#Cc1ccc(-c2cncc3cc(/C=C4\SC(=O)NC4=O)oc23)c(C(F)(F)F)c1. The maximum Gasteiger partial charge on any atom is 0.417 e. The van der Waals surface area contributed by atoms with Gasteiger partial charge < -0.3 is 4.42 Å². The molecule has 0 radical (unpaired) electrons. The van der Waals surface area contributed by atoms with Crippen LogP contribution in [0.25, 0.3) is 28.2 Å². The van der Waals surface area contributed by atoms with E-state index in [1.165, 1.54) is 36.7 Å². The van der Waals surface area contributed by atoms with Crippen LogP contribution in [0.15, 0.2) is 46.0 Å². The van der Waals surface area contributed by atoms with Crippen LogP contribution in [0.3, 0.4) is 0 Å². The molecule has 4 rings (SSSR count). The molecular weight excluding hydrogens is 407 g/mol. The molecule has 0 spiro atoms. The number of nitrogens with zero attached hydrogens (tertiary/aromatic N) is 2. The van der Waals surface area contributed by atoms with Gasteiger partial charge in [0.15, 0.2) is 0 Å². The number of hydrogen-bond donors (Lipinski definition) is 1. The maximum atomic E-state index is 13.6. The average Bonchev–Trinajstić information content (AvgIpc) is 3.22. The van der Waals surface area contributed by atoms with Gasteiger partial charge in [-0.2, -0.15) is 18.4 Å². The molecule has 2 amide bonds. The normalized spacial score (nSPS) is 15.7. The molecule has 1 saturated heterocycles. The van der Waals surface area contributed by atoms with E-state index in [-0.39, 0.29) is 32.9 Å². The van der Waals surface area contributed by atoms with Gasteiger partial charge in [-0.25, -0.2) is 0 Å². The van der Waals surface area contributed by atoms with Crippen LogP contribution in [-0.4, -0.2) is 16.1 Å². The Kier molecular flexibility index (Phi) is 4.39. The topological polar surface area (TPSA) is 96.0 Å². The molecule has 6 nitrogen and oxygen atoms in total. The summed E-state index contributed by atoms with van der Waals surface area (Å²) >= 11 is 0.695. The van der Waals surface area contributed by atoms with Crippen molar-refractivity contribution in [1.29, 1.82) is 5.26 Å². The van der Waals surface area contributed by atoms with Crippen molar-refractivity contribution in [3.8, 4) is 17.2 Å². The van der Waals surface area contributed by atoms with Crippen LogP contribution in [-0.2, 0) is 11.0 Å². The number of furan rings is 1. The largest absolute Gasteiger partial charge is 0.456 e. The number of alkyl halides is 3. The highest BCUT2D eigenvalue weighted by Crippen LogP contribution is 2.40. The van der Waals surface area contributed by atoms with Crippen molar-refractivity contribution < 1.29 is 27.2 Å². The number of hydrogen-bond acceptors (Lipinski definition) is 6. The molecule has 2 aromatic heterocycles. The Hall–Kier alpha value is -3.58. The van der Waals surface area contributed by atoms with E-state index >= 15 is 0 Å². The number of pyridine rings is 1. The molecule has 0 atom stereocenters. The fourth-order valence-corrected chi connectivity index (χ4v) is 3.54. The van der Waals surface area contributed by atoms with Crippen LogP contribution >= 0.6 is 11.8 Å². The lowest BCUT2D eigenvalue weighted by Gasteiger charge is -2.13. The molecule has 1 fully saturated rings. The van der Waals surface area contributed by atoms with E-state index in [0.717, 1.165) is 6.07 Å². The number of nitrogens with one attached hydrogen (secondary N) is 1. The van der Waals surface area contributed by atoms with Gasteiger partial charge in [-0.3, -0.25) is 19.9 Å².